The number of nitrogens with zero attached hydrogens (tertiary/aromatic N) is 1. The summed E-state index contributed by atoms with van der Waals surface area (Å²) in [7, 11) is 4.68. The highest BCUT2D eigenvalue weighted by molar-refractivity contribution is 5.93. The Morgan fingerprint density at radius 2 is 1.88 bits per heavy atom. The Balaban J connectivity index is 2.40. The summed E-state index contributed by atoms with van der Waals surface area (Å²) in [5.74, 6) is 1.66. The molecule has 0 unspecified atom stereocenters. The van der Waals surface area contributed by atoms with Gasteiger partial charge in [-0.25, -0.2) is 0 Å². The lowest BCUT2D eigenvalue weighted by Crippen LogP contribution is -2.32. The Bertz CT molecular complexity index is 536. The number of hydrogen-bond donors (Lipinski definition) is 2. The molecule has 0 fully saturated rings. The average molecular weight is 349 g/mol. The number of methoxy groups -OCH3 is 2. The molecule has 24 heavy (non-hydrogen) atoms. The second kappa shape index (κ2) is 9.86. The number of nitrogens with one attached hydrogen (secondary N) is 2. The van der Waals surface area contributed by atoms with Crippen LogP contribution in [0.25, 0.3) is 0 Å². The molecule has 9 heteroatoms. The zero-order valence-corrected chi connectivity index (χ0v) is 13.9. The van der Waals surface area contributed by atoms with Crippen LogP contribution in [0.4, 0.5) is 18.9 Å². The van der Waals surface area contributed by atoms with E-state index < -0.39 is 12.8 Å². The molecule has 6 nitrogen and oxygen atoms in total. The van der Waals surface area contributed by atoms with Crippen molar-refractivity contribution in [1.29, 1.82) is 0 Å². The molecule has 1 aromatic rings. The minimum Gasteiger partial charge on any atom is -0.493 e. The van der Waals surface area contributed by atoms with Gasteiger partial charge in [0.15, 0.2) is 17.5 Å². The summed E-state index contributed by atoms with van der Waals surface area (Å²) < 4.78 is 50.7. The Hall–Kier alpha value is -2.16. The molecule has 0 saturated carbocycles. The van der Waals surface area contributed by atoms with Crippen molar-refractivity contribution in [2.75, 3.05) is 46.3 Å². The number of anilines is 1. The van der Waals surface area contributed by atoms with E-state index in [-0.39, 0.29) is 6.61 Å². The van der Waals surface area contributed by atoms with Crippen LogP contribution >= 0.6 is 0 Å². The van der Waals surface area contributed by atoms with Gasteiger partial charge in [-0.1, -0.05) is 0 Å². The molecule has 0 bridgehead atoms. The summed E-state index contributed by atoms with van der Waals surface area (Å²) in [4.78, 5) is 4.04. The Morgan fingerprint density at radius 1 is 1.17 bits per heavy atom. The fourth-order valence-corrected chi connectivity index (χ4v) is 1.80. The first-order valence-electron chi connectivity index (χ1n) is 7.24. The molecule has 1 aromatic carbocycles. The van der Waals surface area contributed by atoms with Crippen molar-refractivity contribution in [3.8, 4) is 11.5 Å². The number of alkyl halides is 3. The molecule has 0 heterocycles. The monoisotopic (exact) mass is 349 g/mol. The highest BCUT2D eigenvalue weighted by Crippen LogP contribution is 2.29. The summed E-state index contributed by atoms with van der Waals surface area (Å²) in [5.41, 5.74) is 0.731. The van der Waals surface area contributed by atoms with Gasteiger partial charge in [-0.3, -0.25) is 4.99 Å². The van der Waals surface area contributed by atoms with E-state index in [1.165, 1.54) is 7.11 Å². The number of aliphatic imine (C=N–C) groups is 1. The largest absolute Gasteiger partial charge is 0.493 e. The highest BCUT2D eigenvalue weighted by Gasteiger charge is 2.27. The smallest absolute Gasteiger partial charge is 0.411 e. The second-order valence-corrected chi connectivity index (χ2v) is 4.72. The van der Waals surface area contributed by atoms with Crippen molar-refractivity contribution in [2.24, 2.45) is 4.99 Å². The van der Waals surface area contributed by atoms with E-state index in [1.807, 2.05) is 0 Å². The summed E-state index contributed by atoms with van der Waals surface area (Å²) in [6.07, 6.45) is -3.87. The fraction of sp³-hybridized carbons (Fsp3) is 0.533. The molecule has 1 rings (SSSR count). The number of benzene rings is 1. The van der Waals surface area contributed by atoms with Gasteiger partial charge in [-0.15, -0.1) is 0 Å². The minimum absolute atomic E-state index is 0.0138. The van der Waals surface area contributed by atoms with Gasteiger partial charge in [0.05, 0.1) is 14.2 Å². The second-order valence-electron chi connectivity index (χ2n) is 4.72. The van der Waals surface area contributed by atoms with Gasteiger partial charge in [0, 0.05) is 32.0 Å². The van der Waals surface area contributed by atoms with Crippen molar-refractivity contribution >= 4 is 11.6 Å². The van der Waals surface area contributed by atoms with E-state index >= 15 is 0 Å². The van der Waals surface area contributed by atoms with Crippen LogP contribution in [-0.4, -0.2) is 53.2 Å². The zero-order valence-electron chi connectivity index (χ0n) is 13.9. The van der Waals surface area contributed by atoms with Gasteiger partial charge in [-0.2, -0.15) is 13.2 Å². The van der Waals surface area contributed by atoms with Gasteiger partial charge < -0.3 is 24.8 Å². The van der Waals surface area contributed by atoms with Gasteiger partial charge in [0.1, 0.15) is 6.61 Å². The summed E-state index contributed by atoms with van der Waals surface area (Å²) in [6, 6.07) is 5.29. The quantitative estimate of drug-likeness (QED) is 0.429. The van der Waals surface area contributed by atoms with Crippen molar-refractivity contribution in [3.05, 3.63) is 18.2 Å². The van der Waals surface area contributed by atoms with Crippen molar-refractivity contribution in [1.82, 2.24) is 5.32 Å². The molecular formula is C15H22F3N3O3. The molecule has 0 amide bonds. The molecule has 0 aliphatic carbocycles. The van der Waals surface area contributed by atoms with Gasteiger partial charge in [-0.05, 0) is 18.6 Å². The molecular weight excluding hydrogens is 327 g/mol. The van der Waals surface area contributed by atoms with Gasteiger partial charge >= 0.3 is 6.18 Å². The van der Waals surface area contributed by atoms with Crippen LogP contribution in [-0.2, 0) is 4.74 Å². The van der Waals surface area contributed by atoms with E-state index in [0.717, 1.165) is 5.69 Å². The number of hydrogen-bond acceptors (Lipinski definition) is 4. The SMILES string of the molecule is CN=C(NCCCOCC(F)(F)F)Nc1ccc(OC)c(OC)c1. The highest BCUT2D eigenvalue weighted by atomic mass is 19.4. The van der Waals surface area contributed by atoms with Gasteiger partial charge in [0.25, 0.3) is 0 Å². The lowest BCUT2D eigenvalue weighted by atomic mass is 10.3. The van der Waals surface area contributed by atoms with E-state index in [9.17, 15) is 13.2 Å². The van der Waals surface area contributed by atoms with E-state index in [0.29, 0.717) is 30.4 Å². The molecule has 0 aliphatic rings. The molecule has 136 valence electrons. The third-order valence-corrected chi connectivity index (χ3v) is 2.89. The first-order valence-corrected chi connectivity index (χ1v) is 7.24. The standard InChI is InChI=1S/C15H22F3N3O3/c1-19-14(20-7-4-8-24-10-15(16,17)18)21-11-5-6-12(22-2)13(9-11)23-3/h5-6,9H,4,7-8,10H2,1-3H3,(H2,19,20,21). The third-order valence-electron chi connectivity index (χ3n) is 2.89. The molecule has 0 saturated heterocycles. The van der Waals surface area contributed by atoms with Crippen molar-refractivity contribution in [3.63, 3.8) is 0 Å². The van der Waals surface area contributed by atoms with E-state index in [4.69, 9.17) is 9.47 Å². The number of guanidine groups is 1. The van der Waals surface area contributed by atoms with Crippen LogP contribution < -0.4 is 20.1 Å². The number of halogens is 3. The zero-order chi connectivity index (χ0) is 18.0. The third kappa shape index (κ3) is 7.40. The first-order chi connectivity index (χ1) is 11.4. The maximum absolute atomic E-state index is 11.9. The van der Waals surface area contributed by atoms with Crippen LogP contribution in [0.1, 0.15) is 6.42 Å². The minimum atomic E-state index is -4.29. The average Bonchev–Trinajstić information content (AvgIpc) is 2.55. The van der Waals surface area contributed by atoms with Crippen LogP contribution in [0.3, 0.4) is 0 Å². The van der Waals surface area contributed by atoms with E-state index in [1.54, 1.807) is 32.4 Å². The Labute approximate surface area is 139 Å². The normalized spacial score (nSPS) is 12.0. The Morgan fingerprint density at radius 3 is 2.46 bits per heavy atom. The molecule has 2 N–H and O–H groups in total. The Kier molecular flexibility index (Phi) is 8.17. The lowest BCUT2D eigenvalue weighted by molar-refractivity contribution is -0.173. The molecule has 0 atom stereocenters. The maximum Gasteiger partial charge on any atom is 0.411 e. The molecule has 0 aromatic heterocycles. The van der Waals surface area contributed by atoms with Crippen LogP contribution in [0.15, 0.2) is 23.2 Å². The predicted octanol–water partition coefficient (Wildman–Crippen LogP) is 2.66. The van der Waals surface area contributed by atoms with Crippen molar-refractivity contribution in [2.45, 2.75) is 12.6 Å². The first kappa shape index (κ1) is 19.9. The fourth-order valence-electron chi connectivity index (χ4n) is 1.80. The van der Waals surface area contributed by atoms with Gasteiger partial charge in [0.2, 0.25) is 0 Å². The topological polar surface area (TPSA) is 64.1 Å². The molecule has 0 radical (unpaired) electrons. The number of ether oxygens (including phenoxy) is 3. The maximum atomic E-state index is 11.9. The van der Waals surface area contributed by atoms with Crippen LogP contribution in [0.5, 0.6) is 11.5 Å². The molecule has 0 aliphatic heterocycles. The van der Waals surface area contributed by atoms with E-state index in [2.05, 4.69) is 20.4 Å². The van der Waals surface area contributed by atoms with Crippen LogP contribution in [0.2, 0.25) is 0 Å². The molecule has 0 spiro atoms. The summed E-state index contributed by atoms with van der Waals surface area (Å²) >= 11 is 0. The summed E-state index contributed by atoms with van der Waals surface area (Å²) in [6.45, 7) is -0.795. The summed E-state index contributed by atoms with van der Waals surface area (Å²) in [5, 5.41) is 6.04. The van der Waals surface area contributed by atoms with Crippen LogP contribution in [0, 0.1) is 0 Å². The lowest BCUT2D eigenvalue weighted by Gasteiger charge is -2.14. The predicted molar refractivity (Wildman–Crippen MR) is 86.0 cm³/mol. The number of rotatable bonds is 8. The van der Waals surface area contributed by atoms with Crippen molar-refractivity contribution < 1.29 is 27.4 Å².